The van der Waals surface area contributed by atoms with E-state index in [1.807, 2.05) is 0 Å². The first-order chi connectivity index (χ1) is 7.04. The molecular formula is C11H13ClFNO. The molecule has 0 aliphatic heterocycles. The van der Waals surface area contributed by atoms with E-state index >= 15 is 0 Å². The molecule has 2 rings (SSSR count). The van der Waals surface area contributed by atoms with Gasteiger partial charge in [0, 0.05) is 16.6 Å². The van der Waals surface area contributed by atoms with Gasteiger partial charge in [-0.2, -0.15) is 0 Å². The Kier molecular flexibility index (Phi) is 2.61. The SMILES string of the molecule is COc1cc(Cl)cc(CC2(N)CC2)c1F. The van der Waals surface area contributed by atoms with Gasteiger partial charge in [-0.3, -0.25) is 0 Å². The van der Waals surface area contributed by atoms with Crippen LogP contribution in [0.3, 0.4) is 0 Å². The first-order valence-corrected chi connectivity index (χ1v) is 5.23. The number of nitrogens with two attached hydrogens (primary N) is 1. The zero-order valence-corrected chi connectivity index (χ0v) is 9.27. The molecule has 2 nitrogen and oxygen atoms in total. The van der Waals surface area contributed by atoms with E-state index in [2.05, 4.69) is 0 Å². The summed E-state index contributed by atoms with van der Waals surface area (Å²) in [5.74, 6) is -0.166. The van der Waals surface area contributed by atoms with Crippen molar-refractivity contribution in [2.45, 2.75) is 24.8 Å². The standard InChI is InChI=1S/C11H13ClFNO/c1-15-9-5-8(12)4-7(10(9)13)6-11(14)2-3-11/h4-5H,2-3,6,14H2,1H3. The van der Waals surface area contributed by atoms with Crippen LogP contribution in [0.15, 0.2) is 12.1 Å². The second kappa shape index (κ2) is 3.65. The molecule has 1 saturated carbocycles. The third-order valence-corrected chi connectivity index (χ3v) is 2.95. The van der Waals surface area contributed by atoms with Crippen LogP contribution >= 0.6 is 11.6 Å². The summed E-state index contributed by atoms with van der Waals surface area (Å²) < 4.78 is 18.7. The molecular weight excluding hydrogens is 217 g/mol. The van der Waals surface area contributed by atoms with Gasteiger partial charge in [-0.15, -0.1) is 0 Å². The molecule has 2 N–H and O–H groups in total. The predicted octanol–water partition coefficient (Wildman–Crippen LogP) is 2.52. The normalized spacial score (nSPS) is 17.6. The molecule has 0 radical (unpaired) electrons. The third-order valence-electron chi connectivity index (χ3n) is 2.73. The zero-order chi connectivity index (χ0) is 11.1. The van der Waals surface area contributed by atoms with Crippen molar-refractivity contribution in [2.24, 2.45) is 5.73 Å². The summed E-state index contributed by atoms with van der Waals surface area (Å²) in [6.07, 6.45) is 2.41. The highest BCUT2D eigenvalue weighted by Gasteiger charge is 2.39. The molecule has 0 aromatic heterocycles. The van der Waals surface area contributed by atoms with Gasteiger partial charge in [-0.25, -0.2) is 4.39 Å². The smallest absolute Gasteiger partial charge is 0.168 e. The van der Waals surface area contributed by atoms with E-state index in [0.29, 0.717) is 17.0 Å². The number of hydrogen-bond donors (Lipinski definition) is 1. The van der Waals surface area contributed by atoms with Crippen molar-refractivity contribution in [2.75, 3.05) is 7.11 Å². The Hall–Kier alpha value is -0.800. The van der Waals surface area contributed by atoms with Gasteiger partial charge in [0.1, 0.15) is 0 Å². The van der Waals surface area contributed by atoms with Crippen LogP contribution in [-0.4, -0.2) is 12.6 Å². The summed E-state index contributed by atoms with van der Waals surface area (Å²) >= 11 is 5.86. The molecule has 0 spiro atoms. The predicted molar refractivity (Wildman–Crippen MR) is 57.8 cm³/mol. The van der Waals surface area contributed by atoms with E-state index < -0.39 is 0 Å². The summed E-state index contributed by atoms with van der Waals surface area (Å²) in [6, 6.07) is 3.09. The number of hydrogen-bond acceptors (Lipinski definition) is 2. The summed E-state index contributed by atoms with van der Waals surface area (Å²) in [7, 11) is 1.42. The zero-order valence-electron chi connectivity index (χ0n) is 8.52. The summed E-state index contributed by atoms with van der Waals surface area (Å²) in [5, 5.41) is 0.479. The van der Waals surface area contributed by atoms with Crippen molar-refractivity contribution in [1.29, 1.82) is 0 Å². The maximum atomic E-state index is 13.8. The highest BCUT2D eigenvalue weighted by molar-refractivity contribution is 6.30. The van der Waals surface area contributed by atoms with Gasteiger partial charge in [-0.1, -0.05) is 11.6 Å². The number of methoxy groups -OCH3 is 1. The molecule has 1 aromatic rings. The molecule has 0 atom stereocenters. The highest BCUT2D eigenvalue weighted by Crippen LogP contribution is 2.38. The van der Waals surface area contributed by atoms with Crippen molar-refractivity contribution in [1.82, 2.24) is 0 Å². The molecule has 0 amide bonds. The molecule has 0 saturated heterocycles. The van der Waals surface area contributed by atoms with Crippen molar-refractivity contribution < 1.29 is 9.13 Å². The molecule has 4 heteroatoms. The van der Waals surface area contributed by atoms with Crippen molar-refractivity contribution in [3.8, 4) is 5.75 Å². The Labute approximate surface area is 93.2 Å². The summed E-state index contributed by atoms with van der Waals surface area (Å²) in [5.41, 5.74) is 6.25. The van der Waals surface area contributed by atoms with E-state index in [0.717, 1.165) is 12.8 Å². The number of ether oxygens (including phenoxy) is 1. The largest absolute Gasteiger partial charge is 0.494 e. The summed E-state index contributed by atoms with van der Waals surface area (Å²) in [4.78, 5) is 0. The van der Waals surface area contributed by atoms with Gasteiger partial charge in [-0.05, 0) is 30.9 Å². The van der Waals surface area contributed by atoms with Crippen LogP contribution in [0.5, 0.6) is 5.75 Å². The molecule has 15 heavy (non-hydrogen) atoms. The molecule has 0 heterocycles. The maximum absolute atomic E-state index is 13.8. The Morgan fingerprint density at radius 1 is 1.53 bits per heavy atom. The fourth-order valence-electron chi connectivity index (χ4n) is 1.61. The quantitative estimate of drug-likeness (QED) is 0.865. The minimum atomic E-state index is -0.348. The van der Waals surface area contributed by atoms with E-state index in [9.17, 15) is 4.39 Å². The van der Waals surface area contributed by atoms with Gasteiger partial charge >= 0.3 is 0 Å². The van der Waals surface area contributed by atoms with Crippen molar-refractivity contribution >= 4 is 11.6 Å². The monoisotopic (exact) mass is 229 g/mol. The van der Waals surface area contributed by atoms with E-state index in [1.54, 1.807) is 6.07 Å². The molecule has 0 unspecified atom stereocenters. The molecule has 1 aliphatic rings. The van der Waals surface area contributed by atoms with Crippen LogP contribution in [0.2, 0.25) is 5.02 Å². The Morgan fingerprint density at radius 2 is 2.20 bits per heavy atom. The first kappa shape index (κ1) is 10.7. The van der Waals surface area contributed by atoms with Crippen LogP contribution in [0.25, 0.3) is 0 Å². The van der Waals surface area contributed by atoms with E-state index in [4.69, 9.17) is 22.1 Å². The topological polar surface area (TPSA) is 35.2 Å². The second-order valence-corrected chi connectivity index (χ2v) is 4.56. The lowest BCUT2D eigenvalue weighted by Crippen LogP contribution is -2.25. The highest BCUT2D eigenvalue weighted by atomic mass is 35.5. The first-order valence-electron chi connectivity index (χ1n) is 4.85. The lowest BCUT2D eigenvalue weighted by atomic mass is 10.0. The summed E-state index contributed by atoms with van der Waals surface area (Å²) in [6.45, 7) is 0. The molecule has 82 valence electrons. The van der Waals surface area contributed by atoms with Crippen molar-refractivity contribution in [3.05, 3.63) is 28.5 Å². The fraction of sp³-hybridized carbons (Fsp3) is 0.455. The number of benzene rings is 1. The average molecular weight is 230 g/mol. The lowest BCUT2D eigenvalue weighted by Gasteiger charge is -2.12. The number of rotatable bonds is 3. The Balaban J connectivity index is 2.32. The third kappa shape index (κ3) is 2.24. The van der Waals surface area contributed by atoms with E-state index in [-0.39, 0.29) is 17.1 Å². The van der Waals surface area contributed by atoms with Gasteiger partial charge in [0.2, 0.25) is 0 Å². The van der Waals surface area contributed by atoms with Gasteiger partial charge in [0.25, 0.3) is 0 Å². The van der Waals surface area contributed by atoms with Crippen molar-refractivity contribution in [3.63, 3.8) is 0 Å². The average Bonchev–Trinajstić information content (AvgIpc) is 2.89. The van der Waals surface area contributed by atoms with Gasteiger partial charge in [0.15, 0.2) is 11.6 Å². The van der Waals surface area contributed by atoms with Crippen LogP contribution in [-0.2, 0) is 6.42 Å². The minimum absolute atomic E-state index is 0.182. The minimum Gasteiger partial charge on any atom is -0.494 e. The fourth-order valence-corrected chi connectivity index (χ4v) is 1.84. The number of halogens is 2. The molecule has 1 aromatic carbocycles. The molecule has 1 aliphatic carbocycles. The van der Waals surface area contributed by atoms with Crippen LogP contribution in [0.4, 0.5) is 4.39 Å². The Bertz CT molecular complexity index is 390. The maximum Gasteiger partial charge on any atom is 0.168 e. The van der Waals surface area contributed by atoms with Gasteiger partial charge in [0.05, 0.1) is 7.11 Å². The molecule has 0 bridgehead atoms. The van der Waals surface area contributed by atoms with Gasteiger partial charge < -0.3 is 10.5 Å². The van der Waals surface area contributed by atoms with Crippen LogP contribution in [0, 0.1) is 5.82 Å². The Morgan fingerprint density at radius 3 is 2.73 bits per heavy atom. The van der Waals surface area contributed by atoms with E-state index in [1.165, 1.54) is 13.2 Å². The van der Waals surface area contributed by atoms with Crippen LogP contribution in [0.1, 0.15) is 18.4 Å². The molecule has 1 fully saturated rings. The van der Waals surface area contributed by atoms with Crippen LogP contribution < -0.4 is 10.5 Å². The lowest BCUT2D eigenvalue weighted by molar-refractivity contribution is 0.383. The second-order valence-electron chi connectivity index (χ2n) is 4.12.